The molecule has 2 rings (SSSR count). The van der Waals surface area contributed by atoms with Crippen molar-refractivity contribution in [3.8, 4) is 0 Å². The van der Waals surface area contributed by atoms with E-state index in [0.717, 1.165) is 0 Å². The van der Waals surface area contributed by atoms with Crippen LogP contribution in [0.2, 0.25) is 0 Å². The molecule has 0 unspecified atom stereocenters. The smallest absolute Gasteiger partial charge is 0.393 e. The van der Waals surface area contributed by atoms with Gasteiger partial charge in [0.15, 0.2) is 5.49 Å². The van der Waals surface area contributed by atoms with Crippen LogP contribution in [0.4, 0.5) is 13.2 Å². The number of alkyl halides is 3. The number of halogens is 3. The molecule has 0 atom stereocenters. The first kappa shape index (κ1) is 14.8. The minimum Gasteiger partial charge on any atom is -0.427 e. The van der Waals surface area contributed by atoms with Crippen molar-refractivity contribution in [2.45, 2.75) is 12.6 Å². The van der Waals surface area contributed by atoms with Crippen molar-refractivity contribution < 1.29 is 23.2 Å². The molecule has 7 heteroatoms. The summed E-state index contributed by atoms with van der Waals surface area (Å²) in [5, 5.41) is 9.45. The van der Waals surface area contributed by atoms with Gasteiger partial charge in [0.05, 0.1) is 6.42 Å². The van der Waals surface area contributed by atoms with E-state index in [0.29, 0.717) is 4.73 Å². The maximum absolute atomic E-state index is 12.5. The van der Waals surface area contributed by atoms with Gasteiger partial charge in [0.2, 0.25) is 0 Å². The third-order valence-corrected chi connectivity index (χ3v) is 2.67. The molecule has 1 aromatic heterocycles. The highest BCUT2D eigenvalue weighted by Crippen LogP contribution is 2.23. The number of hydrogen-bond acceptors (Lipinski definition) is 2. The number of carbonyl (C=O) groups is 1. The van der Waals surface area contributed by atoms with Crippen LogP contribution in [-0.2, 0) is 6.42 Å². The Balaban J connectivity index is 2.41. The van der Waals surface area contributed by atoms with E-state index in [2.05, 4.69) is 4.99 Å². The zero-order valence-corrected chi connectivity index (χ0v) is 10.7. The average molecular weight is 296 g/mol. The van der Waals surface area contributed by atoms with Gasteiger partial charge in [-0.25, -0.2) is 0 Å². The van der Waals surface area contributed by atoms with E-state index in [-0.39, 0.29) is 16.6 Å². The Kier molecular flexibility index (Phi) is 4.11. The summed E-state index contributed by atoms with van der Waals surface area (Å²) < 4.78 is 38.1. The molecule has 21 heavy (non-hydrogen) atoms. The predicted octanol–water partition coefficient (Wildman–Crippen LogP) is 2.57. The Morgan fingerprint density at radius 2 is 1.81 bits per heavy atom. The van der Waals surface area contributed by atoms with Crippen LogP contribution in [-0.4, -0.2) is 22.0 Å². The second-order valence-electron chi connectivity index (χ2n) is 4.27. The second kappa shape index (κ2) is 5.82. The molecule has 0 aliphatic heterocycles. The molecule has 0 saturated heterocycles. The van der Waals surface area contributed by atoms with Gasteiger partial charge in [-0.2, -0.15) is 22.9 Å². The van der Waals surface area contributed by atoms with Crippen molar-refractivity contribution in [3.05, 3.63) is 65.3 Å². The first-order chi connectivity index (χ1) is 9.87. The number of carbonyl (C=O) groups excluding carboxylic acids is 1. The van der Waals surface area contributed by atoms with Gasteiger partial charge in [0, 0.05) is 11.8 Å². The number of rotatable bonds is 2. The lowest BCUT2D eigenvalue weighted by molar-refractivity contribution is -0.127. The first-order valence-corrected chi connectivity index (χ1v) is 5.97. The maximum Gasteiger partial charge on any atom is 0.393 e. The quantitative estimate of drug-likeness (QED) is 0.866. The summed E-state index contributed by atoms with van der Waals surface area (Å²) in [6.45, 7) is 0. The molecule has 0 spiro atoms. The van der Waals surface area contributed by atoms with Crippen molar-refractivity contribution in [2.75, 3.05) is 0 Å². The number of pyridine rings is 1. The Morgan fingerprint density at radius 3 is 2.48 bits per heavy atom. The van der Waals surface area contributed by atoms with Crippen molar-refractivity contribution in [1.29, 1.82) is 0 Å². The molecule has 2 aromatic rings. The van der Waals surface area contributed by atoms with E-state index in [1.165, 1.54) is 42.6 Å². The Morgan fingerprint density at radius 1 is 1.14 bits per heavy atom. The fraction of sp³-hybridized carbons (Fsp3) is 0.143. The first-order valence-electron chi connectivity index (χ1n) is 5.97. The largest absolute Gasteiger partial charge is 0.427 e. The van der Waals surface area contributed by atoms with E-state index in [1.807, 2.05) is 0 Å². The van der Waals surface area contributed by atoms with Crippen molar-refractivity contribution in [1.82, 2.24) is 4.73 Å². The number of amides is 1. The van der Waals surface area contributed by atoms with E-state index < -0.39 is 18.5 Å². The number of aromatic nitrogens is 1. The van der Waals surface area contributed by atoms with E-state index in [4.69, 9.17) is 0 Å². The van der Waals surface area contributed by atoms with Crippen molar-refractivity contribution in [2.24, 2.45) is 4.99 Å². The molecule has 0 aliphatic rings. The lowest BCUT2D eigenvalue weighted by Gasteiger charge is -2.09. The number of nitrogens with zero attached hydrogens (tertiary/aromatic N) is 2. The van der Waals surface area contributed by atoms with Crippen LogP contribution in [0.15, 0.2) is 53.7 Å². The molecule has 110 valence electrons. The van der Waals surface area contributed by atoms with Crippen LogP contribution < -0.4 is 5.49 Å². The van der Waals surface area contributed by atoms with Gasteiger partial charge in [-0.15, -0.1) is 0 Å². The van der Waals surface area contributed by atoms with E-state index >= 15 is 0 Å². The van der Waals surface area contributed by atoms with Gasteiger partial charge in [0.25, 0.3) is 5.91 Å². The lowest BCUT2D eigenvalue weighted by Crippen LogP contribution is -2.20. The normalized spacial score (nSPS) is 12.4. The molecular weight excluding hydrogens is 285 g/mol. The third-order valence-electron chi connectivity index (χ3n) is 2.67. The van der Waals surface area contributed by atoms with E-state index in [9.17, 15) is 23.2 Å². The summed E-state index contributed by atoms with van der Waals surface area (Å²) in [4.78, 5) is 15.6. The highest BCUT2D eigenvalue weighted by Gasteiger charge is 2.29. The molecule has 1 amide bonds. The average Bonchev–Trinajstić information content (AvgIpc) is 2.40. The fourth-order valence-electron chi connectivity index (χ4n) is 1.78. The van der Waals surface area contributed by atoms with E-state index in [1.54, 1.807) is 6.07 Å². The molecule has 1 N–H and O–H groups in total. The predicted molar refractivity (Wildman–Crippen MR) is 67.7 cm³/mol. The fourth-order valence-corrected chi connectivity index (χ4v) is 1.78. The molecule has 0 bridgehead atoms. The highest BCUT2D eigenvalue weighted by molar-refractivity contribution is 5.96. The summed E-state index contributed by atoms with van der Waals surface area (Å²) in [5.74, 6) is -0.844. The van der Waals surface area contributed by atoms with Crippen molar-refractivity contribution >= 4 is 5.91 Å². The van der Waals surface area contributed by atoms with Gasteiger partial charge in [-0.05, 0) is 23.8 Å². The molecule has 4 nitrogen and oxygen atoms in total. The second-order valence-corrected chi connectivity index (χ2v) is 4.27. The Labute approximate surface area is 117 Å². The topological polar surface area (TPSA) is 54.6 Å². The van der Waals surface area contributed by atoms with Crippen LogP contribution in [0.5, 0.6) is 0 Å². The molecule has 0 radical (unpaired) electrons. The Hall–Kier alpha value is -2.57. The zero-order valence-electron chi connectivity index (χ0n) is 10.7. The lowest BCUT2D eigenvalue weighted by atomic mass is 10.0. The van der Waals surface area contributed by atoms with Gasteiger partial charge < -0.3 is 5.21 Å². The van der Waals surface area contributed by atoms with Gasteiger partial charge in [-0.3, -0.25) is 4.79 Å². The molecule has 0 aliphatic carbocycles. The van der Waals surface area contributed by atoms with Crippen molar-refractivity contribution in [3.63, 3.8) is 0 Å². The van der Waals surface area contributed by atoms with Crippen LogP contribution in [0.1, 0.15) is 15.9 Å². The summed E-state index contributed by atoms with van der Waals surface area (Å²) in [6, 6.07) is 9.81. The number of benzene rings is 1. The monoisotopic (exact) mass is 296 g/mol. The SMILES string of the molecule is O=C(N=c1ccccn1O)c1ccccc1CC(F)(F)F. The maximum atomic E-state index is 12.5. The highest BCUT2D eigenvalue weighted by atomic mass is 19.4. The minimum atomic E-state index is -4.42. The standard InChI is InChI=1S/C14H11F3N2O2/c15-14(16,17)9-10-5-1-2-6-11(10)13(20)18-12-7-3-4-8-19(12)21/h1-8,21H,9H2. The van der Waals surface area contributed by atoms with Gasteiger partial charge in [0.1, 0.15) is 0 Å². The summed E-state index contributed by atoms with van der Waals surface area (Å²) in [7, 11) is 0. The number of hydrogen-bond donors (Lipinski definition) is 1. The third kappa shape index (κ3) is 3.95. The molecule has 1 aromatic carbocycles. The van der Waals surface area contributed by atoms with Crippen LogP contribution in [0.3, 0.4) is 0 Å². The van der Waals surface area contributed by atoms with Gasteiger partial charge >= 0.3 is 6.18 Å². The van der Waals surface area contributed by atoms with Crippen LogP contribution >= 0.6 is 0 Å². The summed E-state index contributed by atoms with van der Waals surface area (Å²) in [6.07, 6.45) is -4.37. The molecule has 0 fully saturated rings. The van der Waals surface area contributed by atoms with Gasteiger partial charge in [-0.1, -0.05) is 24.3 Å². The zero-order chi connectivity index (χ0) is 15.5. The van der Waals surface area contributed by atoms with Crippen LogP contribution in [0.25, 0.3) is 0 Å². The van der Waals surface area contributed by atoms with Crippen LogP contribution in [0, 0.1) is 0 Å². The molecule has 0 saturated carbocycles. The Bertz CT molecular complexity index is 720. The molecule has 1 heterocycles. The molecular formula is C14H11F3N2O2. The minimum absolute atomic E-state index is 0.0655. The summed E-state index contributed by atoms with van der Waals surface area (Å²) in [5.41, 5.74) is -0.359. The summed E-state index contributed by atoms with van der Waals surface area (Å²) >= 11 is 0.